The van der Waals surface area contributed by atoms with E-state index in [9.17, 15) is 15.4 Å². The van der Waals surface area contributed by atoms with Gasteiger partial charge >= 0.3 is 0 Å². The third-order valence-electron chi connectivity index (χ3n) is 3.58. The van der Waals surface area contributed by atoms with E-state index in [1.54, 1.807) is 13.1 Å². The van der Waals surface area contributed by atoms with Gasteiger partial charge in [0.15, 0.2) is 0 Å². The van der Waals surface area contributed by atoms with Crippen molar-refractivity contribution in [1.82, 2.24) is 5.32 Å². The number of ether oxygens (including phenoxy) is 1. The molecule has 0 saturated heterocycles. The molecule has 7 heteroatoms. The summed E-state index contributed by atoms with van der Waals surface area (Å²) in [5.41, 5.74) is -0.570. The minimum absolute atomic E-state index is 0.0126. The summed E-state index contributed by atoms with van der Waals surface area (Å²) in [6.07, 6.45) is 1.89. The van der Waals surface area contributed by atoms with Gasteiger partial charge in [-0.2, -0.15) is 5.26 Å². The number of halogens is 1. The van der Waals surface area contributed by atoms with E-state index in [1.165, 1.54) is 12.1 Å². The van der Waals surface area contributed by atoms with Gasteiger partial charge in [-0.25, -0.2) is 0 Å². The standard InChI is InChI=1S/C13H14BrN3O3/c1-16-13(8-15)5-4-10(7-13)20-12-6-9(17(18)19)2-3-11(12)14/h2-3,6,10,16H,4-5,7H2,1H3. The Kier molecular flexibility index (Phi) is 4.26. The van der Waals surface area contributed by atoms with Gasteiger partial charge in [-0.3, -0.25) is 10.1 Å². The SMILES string of the molecule is CNC1(C#N)CCC(Oc2cc([N+](=O)[O-])ccc2Br)C1. The van der Waals surface area contributed by atoms with Crippen LogP contribution in [0.3, 0.4) is 0 Å². The molecule has 0 heterocycles. The summed E-state index contributed by atoms with van der Waals surface area (Å²) in [7, 11) is 1.76. The summed E-state index contributed by atoms with van der Waals surface area (Å²) in [5, 5.41) is 23.0. The maximum Gasteiger partial charge on any atom is 0.273 e. The number of nitrogens with one attached hydrogen (secondary N) is 1. The first kappa shape index (κ1) is 14.8. The number of nitrogens with zero attached hydrogens (tertiary/aromatic N) is 2. The van der Waals surface area contributed by atoms with Crippen LogP contribution in [0.5, 0.6) is 5.75 Å². The van der Waals surface area contributed by atoms with Crippen molar-refractivity contribution in [1.29, 1.82) is 5.26 Å². The van der Waals surface area contributed by atoms with Crippen molar-refractivity contribution in [3.05, 3.63) is 32.8 Å². The Morgan fingerprint density at radius 1 is 1.65 bits per heavy atom. The fourth-order valence-corrected chi connectivity index (χ4v) is 2.70. The lowest BCUT2D eigenvalue weighted by molar-refractivity contribution is -0.385. The molecule has 0 aliphatic heterocycles. The molecule has 20 heavy (non-hydrogen) atoms. The Morgan fingerprint density at radius 2 is 2.40 bits per heavy atom. The normalized spacial score (nSPS) is 25.1. The molecule has 0 aromatic heterocycles. The van der Waals surface area contributed by atoms with E-state index in [-0.39, 0.29) is 11.8 Å². The van der Waals surface area contributed by atoms with Crippen LogP contribution in [0.25, 0.3) is 0 Å². The summed E-state index contributed by atoms with van der Waals surface area (Å²) in [6.45, 7) is 0. The van der Waals surface area contributed by atoms with E-state index in [2.05, 4.69) is 27.3 Å². The molecular weight excluding hydrogens is 326 g/mol. The molecule has 0 bridgehead atoms. The second-order valence-corrected chi connectivity index (χ2v) is 5.65. The summed E-state index contributed by atoms with van der Waals surface area (Å²) < 4.78 is 6.48. The van der Waals surface area contributed by atoms with E-state index in [4.69, 9.17) is 4.74 Å². The monoisotopic (exact) mass is 339 g/mol. The van der Waals surface area contributed by atoms with Crippen LogP contribution < -0.4 is 10.1 Å². The molecule has 0 radical (unpaired) electrons. The van der Waals surface area contributed by atoms with E-state index < -0.39 is 10.5 Å². The summed E-state index contributed by atoms with van der Waals surface area (Å²) in [5.74, 6) is 0.439. The van der Waals surface area contributed by atoms with E-state index >= 15 is 0 Å². The third-order valence-corrected chi connectivity index (χ3v) is 4.24. The average Bonchev–Trinajstić information content (AvgIpc) is 2.85. The summed E-state index contributed by atoms with van der Waals surface area (Å²) in [4.78, 5) is 10.3. The van der Waals surface area contributed by atoms with Crippen LogP contribution in [-0.2, 0) is 0 Å². The zero-order chi connectivity index (χ0) is 14.8. The molecule has 2 atom stereocenters. The molecule has 1 aromatic rings. The summed E-state index contributed by atoms with van der Waals surface area (Å²) in [6, 6.07) is 6.69. The minimum atomic E-state index is -0.558. The van der Waals surface area contributed by atoms with Gasteiger partial charge in [0.2, 0.25) is 0 Å². The predicted octanol–water partition coefficient (Wildman–Crippen LogP) is 2.77. The molecule has 0 amide bonds. The van der Waals surface area contributed by atoms with Crippen molar-refractivity contribution in [2.24, 2.45) is 0 Å². The fourth-order valence-electron chi connectivity index (χ4n) is 2.36. The Balaban J connectivity index is 2.14. The van der Waals surface area contributed by atoms with Gasteiger partial charge in [0.1, 0.15) is 17.4 Å². The zero-order valence-corrected chi connectivity index (χ0v) is 12.5. The molecule has 106 valence electrons. The minimum Gasteiger partial charge on any atom is -0.489 e. The lowest BCUT2D eigenvalue weighted by atomic mass is 10.0. The molecule has 1 fully saturated rings. The molecule has 6 nitrogen and oxygen atoms in total. The number of hydrogen-bond donors (Lipinski definition) is 1. The van der Waals surface area contributed by atoms with Crippen LogP contribution in [0.2, 0.25) is 0 Å². The lowest BCUT2D eigenvalue weighted by Crippen LogP contribution is -2.39. The van der Waals surface area contributed by atoms with E-state index in [0.29, 0.717) is 23.1 Å². The van der Waals surface area contributed by atoms with E-state index in [0.717, 1.165) is 6.42 Å². The first-order valence-electron chi connectivity index (χ1n) is 6.20. The Hall–Kier alpha value is -1.65. The molecular formula is C13H14BrN3O3. The second kappa shape index (κ2) is 5.77. The first-order valence-corrected chi connectivity index (χ1v) is 7.00. The smallest absolute Gasteiger partial charge is 0.273 e. The Labute approximate surface area is 125 Å². The number of rotatable bonds is 4. The quantitative estimate of drug-likeness (QED) is 0.673. The molecule has 2 unspecified atom stereocenters. The highest BCUT2D eigenvalue weighted by molar-refractivity contribution is 9.10. The molecule has 1 aliphatic carbocycles. The molecule has 0 spiro atoms. The number of hydrogen-bond acceptors (Lipinski definition) is 5. The van der Waals surface area contributed by atoms with Gasteiger partial charge in [-0.15, -0.1) is 0 Å². The number of benzene rings is 1. The second-order valence-electron chi connectivity index (χ2n) is 4.80. The third kappa shape index (κ3) is 2.92. The van der Waals surface area contributed by atoms with Gasteiger partial charge in [0.05, 0.1) is 21.5 Å². The molecule has 1 aliphatic rings. The van der Waals surface area contributed by atoms with Crippen molar-refractivity contribution in [3.8, 4) is 11.8 Å². The molecule has 1 aromatic carbocycles. The van der Waals surface area contributed by atoms with Crippen molar-refractivity contribution in [2.75, 3.05) is 7.05 Å². The molecule has 2 rings (SSSR count). The highest BCUT2D eigenvalue weighted by Gasteiger charge is 2.39. The van der Waals surface area contributed by atoms with Crippen molar-refractivity contribution >= 4 is 21.6 Å². The zero-order valence-electron chi connectivity index (χ0n) is 10.9. The fraction of sp³-hybridized carbons (Fsp3) is 0.462. The van der Waals surface area contributed by atoms with Gasteiger partial charge < -0.3 is 10.1 Å². The maximum atomic E-state index is 10.8. The van der Waals surface area contributed by atoms with E-state index in [1.807, 2.05) is 0 Å². The Bertz CT molecular complexity index is 572. The number of non-ortho nitro benzene ring substituents is 1. The van der Waals surface area contributed by atoms with Gasteiger partial charge in [-0.05, 0) is 41.9 Å². The summed E-state index contributed by atoms with van der Waals surface area (Å²) >= 11 is 3.32. The first-order chi connectivity index (χ1) is 9.49. The highest BCUT2D eigenvalue weighted by Crippen LogP contribution is 2.36. The maximum absolute atomic E-state index is 10.8. The number of nitriles is 1. The van der Waals surface area contributed by atoms with Crippen LogP contribution in [0.15, 0.2) is 22.7 Å². The van der Waals surface area contributed by atoms with Gasteiger partial charge in [-0.1, -0.05) is 0 Å². The lowest BCUT2D eigenvalue weighted by Gasteiger charge is -2.20. The highest BCUT2D eigenvalue weighted by atomic mass is 79.9. The Morgan fingerprint density at radius 3 is 2.95 bits per heavy atom. The molecule has 1 N–H and O–H groups in total. The van der Waals surface area contributed by atoms with Crippen LogP contribution >= 0.6 is 15.9 Å². The van der Waals surface area contributed by atoms with Crippen LogP contribution in [0, 0.1) is 21.4 Å². The van der Waals surface area contributed by atoms with Crippen molar-refractivity contribution < 1.29 is 9.66 Å². The van der Waals surface area contributed by atoms with Gasteiger partial charge in [0, 0.05) is 12.5 Å². The number of nitro benzene ring substituents is 1. The molecule has 1 saturated carbocycles. The average molecular weight is 340 g/mol. The largest absolute Gasteiger partial charge is 0.489 e. The van der Waals surface area contributed by atoms with Crippen molar-refractivity contribution in [3.63, 3.8) is 0 Å². The predicted molar refractivity (Wildman–Crippen MR) is 76.5 cm³/mol. The van der Waals surface area contributed by atoms with Crippen LogP contribution in [-0.4, -0.2) is 23.6 Å². The van der Waals surface area contributed by atoms with Gasteiger partial charge in [0.25, 0.3) is 5.69 Å². The van der Waals surface area contributed by atoms with Crippen molar-refractivity contribution in [2.45, 2.75) is 30.9 Å². The number of nitro groups is 1. The van der Waals surface area contributed by atoms with Crippen LogP contribution in [0.4, 0.5) is 5.69 Å². The van der Waals surface area contributed by atoms with Crippen LogP contribution in [0.1, 0.15) is 19.3 Å². The topological polar surface area (TPSA) is 88.2 Å².